The first-order valence-electron chi connectivity index (χ1n) is 4.46. The molecule has 0 N–H and O–H groups in total. The molecule has 2 rings (SSSR count). The Kier molecular flexibility index (Phi) is 3.02. The van der Waals surface area contributed by atoms with Crippen LogP contribution in [0.25, 0.3) is 0 Å². The summed E-state index contributed by atoms with van der Waals surface area (Å²) in [5, 5.41) is 4.84. The fourth-order valence-electron chi connectivity index (χ4n) is 1.12. The summed E-state index contributed by atoms with van der Waals surface area (Å²) in [6, 6.07) is 0. The third-order valence-electron chi connectivity index (χ3n) is 2.02. The van der Waals surface area contributed by atoms with Gasteiger partial charge in [0.05, 0.1) is 11.1 Å². The zero-order valence-corrected chi connectivity index (χ0v) is 10.3. The van der Waals surface area contributed by atoms with Crippen LogP contribution in [-0.4, -0.2) is 19.3 Å². The predicted octanol–water partition coefficient (Wildman–Crippen LogP) is 1.32. The van der Waals surface area contributed by atoms with E-state index in [-0.39, 0.29) is 10.6 Å². The predicted molar refractivity (Wildman–Crippen MR) is 61.8 cm³/mol. The Morgan fingerprint density at radius 2 is 2.19 bits per heavy atom. The van der Waals surface area contributed by atoms with Crippen LogP contribution in [0.4, 0.5) is 0 Å². The van der Waals surface area contributed by atoms with E-state index in [2.05, 4.69) is 10.1 Å². The van der Waals surface area contributed by atoms with E-state index in [4.69, 9.17) is 11.6 Å². The van der Waals surface area contributed by atoms with E-state index in [0.29, 0.717) is 4.90 Å². The summed E-state index contributed by atoms with van der Waals surface area (Å²) in [5.74, 6) is 0. The SMILES string of the molecule is Cn1ccnc1Sc1cnn(C)c(=O)c1Cl. The highest BCUT2D eigenvalue weighted by Crippen LogP contribution is 2.28. The average Bonchev–Trinajstić information content (AvgIpc) is 2.65. The number of aromatic nitrogens is 4. The van der Waals surface area contributed by atoms with E-state index in [0.717, 1.165) is 5.16 Å². The van der Waals surface area contributed by atoms with Gasteiger partial charge in [0, 0.05) is 26.5 Å². The Labute approximate surface area is 101 Å². The Bertz CT molecular complexity index is 577. The van der Waals surface area contributed by atoms with Gasteiger partial charge in [0.15, 0.2) is 5.16 Å². The van der Waals surface area contributed by atoms with Gasteiger partial charge in [-0.1, -0.05) is 11.6 Å². The zero-order chi connectivity index (χ0) is 11.7. The van der Waals surface area contributed by atoms with Gasteiger partial charge < -0.3 is 4.57 Å². The minimum absolute atomic E-state index is 0.172. The summed E-state index contributed by atoms with van der Waals surface area (Å²) in [5.41, 5.74) is -0.305. The second kappa shape index (κ2) is 4.31. The third-order valence-corrected chi connectivity index (χ3v) is 3.61. The molecule has 2 aromatic rings. The lowest BCUT2D eigenvalue weighted by Gasteiger charge is -2.04. The van der Waals surface area contributed by atoms with Crippen molar-refractivity contribution in [2.75, 3.05) is 0 Å². The van der Waals surface area contributed by atoms with Crippen LogP contribution in [0.15, 0.2) is 33.4 Å². The summed E-state index contributed by atoms with van der Waals surface area (Å²) in [7, 11) is 3.43. The van der Waals surface area contributed by atoms with Crippen molar-refractivity contribution in [1.29, 1.82) is 0 Å². The lowest BCUT2D eigenvalue weighted by atomic mass is 10.6. The first-order chi connectivity index (χ1) is 7.59. The molecule has 7 heteroatoms. The third kappa shape index (κ3) is 1.98. The lowest BCUT2D eigenvalue weighted by molar-refractivity contribution is 0.696. The highest BCUT2D eigenvalue weighted by Gasteiger charge is 2.10. The molecule has 0 radical (unpaired) electrons. The maximum absolute atomic E-state index is 11.5. The van der Waals surface area contributed by atoms with E-state index >= 15 is 0 Å². The number of nitrogens with zero attached hydrogens (tertiary/aromatic N) is 4. The van der Waals surface area contributed by atoms with Crippen LogP contribution in [0.1, 0.15) is 0 Å². The van der Waals surface area contributed by atoms with Crippen LogP contribution < -0.4 is 5.56 Å². The monoisotopic (exact) mass is 256 g/mol. The summed E-state index contributed by atoms with van der Waals surface area (Å²) in [4.78, 5) is 16.3. The lowest BCUT2D eigenvalue weighted by Crippen LogP contribution is -2.19. The number of halogens is 1. The number of hydrogen-bond acceptors (Lipinski definition) is 4. The van der Waals surface area contributed by atoms with Crippen LogP contribution in [0, 0.1) is 0 Å². The van der Waals surface area contributed by atoms with Gasteiger partial charge in [-0.3, -0.25) is 4.79 Å². The molecule has 0 unspecified atom stereocenters. The van der Waals surface area contributed by atoms with Gasteiger partial charge in [0.25, 0.3) is 5.56 Å². The van der Waals surface area contributed by atoms with E-state index in [1.165, 1.54) is 16.4 Å². The quantitative estimate of drug-likeness (QED) is 0.813. The smallest absolute Gasteiger partial charge is 0.286 e. The Hall–Kier alpha value is -1.27. The van der Waals surface area contributed by atoms with E-state index in [1.807, 2.05) is 17.8 Å². The van der Waals surface area contributed by atoms with Crippen molar-refractivity contribution in [3.8, 4) is 0 Å². The summed E-state index contributed by atoms with van der Waals surface area (Å²) in [6.07, 6.45) is 5.07. The number of imidazole rings is 1. The normalized spacial score (nSPS) is 10.7. The van der Waals surface area contributed by atoms with Gasteiger partial charge in [-0.15, -0.1) is 0 Å². The minimum atomic E-state index is -0.305. The first-order valence-corrected chi connectivity index (χ1v) is 5.66. The van der Waals surface area contributed by atoms with Crippen molar-refractivity contribution in [2.45, 2.75) is 10.1 Å². The van der Waals surface area contributed by atoms with Crippen LogP contribution in [0.5, 0.6) is 0 Å². The molecule has 0 amide bonds. The fourth-order valence-corrected chi connectivity index (χ4v) is 2.19. The second-order valence-electron chi connectivity index (χ2n) is 3.17. The standard InChI is InChI=1S/C9H9ClN4OS/c1-13-4-3-11-9(13)16-6-5-12-14(2)8(15)7(6)10/h3-5H,1-2H3. The minimum Gasteiger partial charge on any atom is -0.329 e. The van der Waals surface area contributed by atoms with Crippen LogP contribution >= 0.6 is 23.4 Å². The highest BCUT2D eigenvalue weighted by molar-refractivity contribution is 7.99. The van der Waals surface area contributed by atoms with Crippen molar-refractivity contribution in [2.24, 2.45) is 14.1 Å². The molecular weight excluding hydrogens is 248 g/mol. The fraction of sp³-hybridized carbons (Fsp3) is 0.222. The van der Waals surface area contributed by atoms with Crippen LogP contribution in [-0.2, 0) is 14.1 Å². The molecule has 2 aromatic heterocycles. The molecule has 2 heterocycles. The molecule has 0 bridgehead atoms. The van der Waals surface area contributed by atoms with E-state index < -0.39 is 0 Å². The Balaban J connectivity index is 2.40. The molecule has 5 nitrogen and oxygen atoms in total. The molecule has 84 valence electrons. The summed E-state index contributed by atoms with van der Waals surface area (Å²) >= 11 is 7.25. The van der Waals surface area contributed by atoms with Gasteiger partial charge in [-0.2, -0.15) is 5.10 Å². The van der Waals surface area contributed by atoms with Gasteiger partial charge in [-0.05, 0) is 11.8 Å². The zero-order valence-electron chi connectivity index (χ0n) is 8.72. The molecule has 0 aliphatic carbocycles. The van der Waals surface area contributed by atoms with E-state index in [9.17, 15) is 4.79 Å². The van der Waals surface area contributed by atoms with Gasteiger partial charge in [0.1, 0.15) is 5.02 Å². The number of rotatable bonds is 2. The molecule has 16 heavy (non-hydrogen) atoms. The second-order valence-corrected chi connectivity index (χ2v) is 4.56. The van der Waals surface area contributed by atoms with Gasteiger partial charge in [-0.25, -0.2) is 9.67 Å². The molecular formula is C9H9ClN4OS. The van der Waals surface area contributed by atoms with Crippen molar-refractivity contribution in [1.82, 2.24) is 19.3 Å². The van der Waals surface area contributed by atoms with Crippen molar-refractivity contribution in [3.05, 3.63) is 34.0 Å². The Morgan fingerprint density at radius 3 is 2.81 bits per heavy atom. The maximum atomic E-state index is 11.5. The largest absolute Gasteiger partial charge is 0.329 e. The molecule has 0 saturated heterocycles. The van der Waals surface area contributed by atoms with Gasteiger partial charge >= 0.3 is 0 Å². The topological polar surface area (TPSA) is 52.7 Å². The molecule has 0 fully saturated rings. The number of aryl methyl sites for hydroxylation is 2. The summed E-state index contributed by atoms with van der Waals surface area (Å²) < 4.78 is 3.04. The van der Waals surface area contributed by atoms with Crippen molar-refractivity contribution in [3.63, 3.8) is 0 Å². The number of hydrogen-bond donors (Lipinski definition) is 0. The van der Waals surface area contributed by atoms with Crippen molar-refractivity contribution >= 4 is 23.4 Å². The molecule has 0 aliphatic heterocycles. The molecule has 0 atom stereocenters. The maximum Gasteiger partial charge on any atom is 0.286 e. The van der Waals surface area contributed by atoms with Crippen LogP contribution in [0.2, 0.25) is 5.02 Å². The highest BCUT2D eigenvalue weighted by atomic mass is 35.5. The average molecular weight is 257 g/mol. The summed E-state index contributed by atoms with van der Waals surface area (Å²) in [6.45, 7) is 0. The molecule has 0 saturated carbocycles. The van der Waals surface area contributed by atoms with Gasteiger partial charge in [0.2, 0.25) is 0 Å². The van der Waals surface area contributed by atoms with E-state index in [1.54, 1.807) is 19.4 Å². The van der Waals surface area contributed by atoms with Crippen LogP contribution in [0.3, 0.4) is 0 Å². The molecule has 0 aromatic carbocycles. The van der Waals surface area contributed by atoms with Crippen molar-refractivity contribution < 1.29 is 0 Å². The Morgan fingerprint density at radius 1 is 1.44 bits per heavy atom. The molecule has 0 aliphatic rings. The first kappa shape index (κ1) is 11.2. The molecule has 0 spiro atoms.